The van der Waals surface area contributed by atoms with Crippen molar-refractivity contribution in [3.8, 4) is 0 Å². The lowest BCUT2D eigenvalue weighted by atomic mass is 9.85. The van der Waals surface area contributed by atoms with Crippen LogP contribution in [0.25, 0.3) is 0 Å². The van der Waals surface area contributed by atoms with Crippen LogP contribution in [0, 0.1) is 0 Å². The van der Waals surface area contributed by atoms with Gasteiger partial charge in [-0.25, -0.2) is 4.98 Å². The number of hydrogen-bond donors (Lipinski definition) is 0. The number of aromatic nitrogens is 1. The minimum absolute atomic E-state index is 0.0748. The van der Waals surface area contributed by atoms with Crippen molar-refractivity contribution < 1.29 is 4.74 Å². The molecule has 1 saturated carbocycles. The molecule has 0 aromatic carbocycles. The van der Waals surface area contributed by atoms with Crippen molar-refractivity contribution in [1.29, 1.82) is 0 Å². The molecule has 1 fully saturated rings. The summed E-state index contributed by atoms with van der Waals surface area (Å²) in [6.45, 7) is 4.47. The molecule has 0 bridgehead atoms. The Kier molecular flexibility index (Phi) is 4.21. The quantitative estimate of drug-likeness (QED) is 0.790. The second-order valence-electron chi connectivity index (χ2n) is 5.15. The third-order valence-corrected chi connectivity index (χ3v) is 5.13. The van der Waals surface area contributed by atoms with E-state index in [0.717, 1.165) is 19.3 Å². The Labute approximate surface area is 108 Å². The van der Waals surface area contributed by atoms with Gasteiger partial charge in [-0.1, -0.05) is 33.1 Å². The first-order valence-corrected chi connectivity index (χ1v) is 7.61. The molecule has 1 heterocycles. The first kappa shape index (κ1) is 13.0. The molecule has 0 N–H and O–H groups in total. The highest BCUT2D eigenvalue weighted by molar-refractivity contribution is 7.09. The molecule has 1 unspecified atom stereocenters. The maximum atomic E-state index is 5.84. The fourth-order valence-corrected chi connectivity index (χ4v) is 3.74. The van der Waals surface area contributed by atoms with Crippen LogP contribution in [-0.2, 0) is 10.3 Å². The van der Waals surface area contributed by atoms with Crippen molar-refractivity contribution >= 4 is 11.3 Å². The number of nitrogens with zero attached hydrogens (tertiary/aromatic N) is 1. The Balaban J connectivity index is 2.22. The van der Waals surface area contributed by atoms with Gasteiger partial charge in [-0.3, -0.25) is 0 Å². The Bertz CT molecular complexity index is 355. The van der Waals surface area contributed by atoms with Crippen LogP contribution in [0.3, 0.4) is 0 Å². The van der Waals surface area contributed by atoms with Gasteiger partial charge in [0.25, 0.3) is 0 Å². The summed E-state index contributed by atoms with van der Waals surface area (Å²) in [5.74, 6) is 0.567. The van der Waals surface area contributed by atoms with Crippen LogP contribution >= 0.6 is 11.3 Å². The first-order valence-electron chi connectivity index (χ1n) is 6.73. The average Bonchev–Trinajstić information content (AvgIpc) is 2.88. The predicted octanol–water partition coefficient (Wildman–Crippen LogP) is 4.46. The van der Waals surface area contributed by atoms with E-state index in [9.17, 15) is 0 Å². The van der Waals surface area contributed by atoms with E-state index in [1.807, 2.05) is 7.11 Å². The number of methoxy groups -OCH3 is 1. The van der Waals surface area contributed by atoms with Gasteiger partial charge < -0.3 is 4.74 Å². The minimum Gasteiger partial charge on any atom is -0.371 e. The van der Waals surface area contributed by atoms with Crippen LogP contribution < -0.4 is 0 Å². The van der Waals surface area contributed by atoms with E-state index in [-0.39, 0.29) is 5.60 Å². The van der Waals surface area contributed by atoms with Gasteiger partial charge in [0.2, 0.25) is 0 Å². The molecule has 1 aliphatic rings. The molecule has 0 amide bonds. The maximum absolute atomic E-state index is 5.84. The number of ether oxygens (including phenoxy) is 1. The van der Waals surface area contributed by atoms with Gasteiger partial charge in [-0.05, 0) is 25.2 Å². The van der Waals surface area contributed by atoms with Crippen molar-refractivity contribution in [3.05, 3.63) is 16.1 Å². The fraction of sp³-hybridized carbons (Fsp3) is 0.786. The van der Waals surface area contributed by atoms with E-state index in [0.29, 0.717) is 5.92 Å². The first-order chi connectivity index (χ1) is 8.22. The van der Waals surface area contributed by atoms with Gasteiger partial charge in [0.05, 0.1) is 5.69 Å². The van der Waals surface area contributed by atoms with Crippen LogP contribution in [0.2, 0.25) is 0 Å². The van der Waals surface area contributed by atoms with Crippen LogP contribution in [0.5, 0.6) is 0 Å². The van der Waals surface area contributed by atoms with Crippen molar-refractivity contribution in [3.63, 3.8) is 0 Å². The van der Waals surface area contributed by atoms with Gasteiger partial charge in [0.1, 0.15) is 10.6 Å². The van der Waals surface area contributed by atoms with E-state index in [4.69, 9.17) is 9.72 Å². The Morgan fingerprint density at radius 2 is 2.12 bits per heavy atom. The van der Waals surface area contributed by atoms with E-state index in [1.54, 1.807) is 11.3 Å². The maximum Gasteiger partial charge on any atom is 0.125 e. The highest BCUT2D eigenvalue weighted by Gasteiger charge is 2.36. The molecule has 1 aromatic heterocycles. The normalized spacial score (nSPS) is 21.4. The highest BCUT2D eigenvalue weighted by atomic mass is 32.1. The lowest BCUT2D eigenvalue weighted by Crippen LogP contribution is -2.31. The topological polar surface area (TPSA) is 22.1 Å². The summed E-state index contributed by atoms with van der Waals surface area (Å²) in [5.41, 5.74) is 1.17. The third-order valence-electron chi connectivity index (χ3n) is 4.08. The van der Waals surface area contributed by atoms with E-state index in [2.05, 4.69) is 19.2 Å². The molecular formula is C14H23NOS. The van der Waals surface area contributed by atoms with E-state index < -0.39 is 0 Å². The van der Waals surface area contributed by atoms with Crippen molar-refractivity contribution in [1.82, 2.24) is 4.98 Å². The molecule has 2 rings (SSSR count). The number of hydrogen-bond acceptors (Lipinski definition) is 3. The van der Waals surface area contributed by atoms with Crippen molar-refractivity contribution in [2.45, 2.75) is 63.9 Å². The molecule has 1 aromatic rings. The summed E-state index contributed by atoms with van der Waals surface area (Å²) >= 11 is 1.79. The second kappa shape index (κ2) is 5.49. The van der Waals surface area contributed by atoms with Gasteiger partial charge in [-0.2, -0.15) is 0 Å². The van der Waals surface area contributed by atoms with Crippen LogP contribution in [0.15, 0.2) is 5.38 Å². The number of thiazole rings is 1. The molecule has 0 saturated heterocycles. The summed E-state index contributed by atoms with van der Waals surface area (Å²) in [5, 5.41) is 3.42. The summed E-state index contributed by atoms with van der Waals surface area (Å²) < 4.78 is 5.84. The summed E-state index contributed by atoms with van der Waals surface area (Å²) in [7, 11) is 1.84. The van der Waals surface area contributed by atoms with Gasteiger partial charge in [-0.15, -0.1) is 11.3 Å². The zero-order chi connectivity index (χ0) is 12.3. The molecule has 3 heteroatoms. The van der Waals surface area contributed by atoms with E-state index >= 15 is 0 Å². The largest absolute Gasteiger partial charge is 0.371 e. The molecule has 96 valence electrons. The Morgan fingerprint density at radius 1 is 1.41 bits per heavy atom. The van der Waals surface area contributed by atoms with Crippen molar-refractivity contribution in [2.75, 3.05) is 7.11 Å². The molecule has 0 spiro atoms. The smallest absolute Gasteiger partial charge is 0.125 e. The monoisotopic (exact) mass is 253 g/mol. The van der Waals surface area contributed by atoms with Crippen LogP contribution in [0.1, 0.15) is 69.0 Å². The summed E-state index contributed by atoms with van der Waals surface area (Å²) in [4.78, 5) is 4.84. The lowest BCUT2D eigenvalue weighted by molar-refractivity contribution is -0.0447. The molecule has 2 nitrogen and oxygen atoms in total. The third kappa shape index (κ3) is 2.55. The lowest BCUT2D eigenvalue weighted by Gasteiger charge is -2.34. The predicted molar refractivity (Wildman–Crippen MR) is 72.6 cm³/mol. The highest BCUT2D eigenvalue weighted by Crippen LogP contribution is 2.41. The SMILES string of the molecule is CCC(C)c1csc(C2(OC)CCCCC2)n1. The molecule has 1 atom stereocenters. The molecule has 0 aliphatic heterocycles. The van der Waals surface area contributed by atoms with E-state index in [1.165, 1.54) is 30.0 Å². The molecular weight excluding hydrogens is 230 g/mol. The van der Waals surface area contributed by atoms with Gasteiger partial charge in [0.15, 0.2) is 0 Å². The molecule has 0 radical (unpaired) electrons. The standard InChI is InChI=1S/C14H23NOS/c1-4-11(2)12-10-17-13(15-12)14(16-3)8-6-5-7-9-14/h10-11H,4-9H2,1-3H3. The zero-order valence-electron chi connectivity index (χ0n) is 11.2. The number of rotatable bonds is 4. The van der Waals surface area contributed by atoms with Crippen LogP contribution in [-0.4, -0.2) is 12.1 Å². The Hall–Kier alpha value is -0.410. The summed E-state index contributed by atoms with van der Waals surface area (Å²) in [6.07, 6.45) is 7.31. The second-order valence-corrected chi connectivity index (χ2v) is 6.00. The van der Waals surface area contributed by atoms with Gasteiger partial charge in [0, 0.05) is 12.5 Å². The molecule has 17 heavy (non-hydrogen) atoms. The summed E-state index contributed by atoms with van der Waals surface area (Å²) in [6, 6.07) is 0. The van der Waals surface area contributed by atoms with Gasteiger partial charge >= 0.3 is 0 Å². The fourth-order valence-electron chi connectivity index (χ4n) is 2.56. The average molecular weight is 253 g/mol. The van der Waals surface area contributed by atoms with Crippen molar-refractivity contribution in [2.24, 2.45) is 0 Å². The molecule has 1 aliphatic carbocycles. The minimum atomic E-state index is -0.0748. The Morgan fingerprint density at radius 3 is 2.71 bits per heavy atom. The zero-order valence-corrected chi connectivity index (χ0v) is 12.0. The van der Waals surface area contributed by atoms with Crippen LogP contribution in [0.4, 0.5) is 0 Å².